The summed E-state index contributed by atoms with van der Waals surface area (Å²) >= 11 is 0. The molecule has 1 aliphatic heterocycles. The molecule has 5 nitrogen and oxygen atoms in total. The van der Waals surface area contributed by atoms with Crippen LogP contribution in [0.3, 0.4) is 0 Å². The molecule has 0 spiro atoms. The Bertz CT molecular complexity index is 770. The fraction of sp³-hybridized carbons (Fsp3) is 0.294. The molecule has 2 aromatic carbocycles. The minimum absolute atomic E-state index is 0.0498. The van der Waals surface area contributed by atoms with Crippen LogP contribution in [0.2, 0.25) is 0 Å². The predicted molar refractivity (Wildman–Crippen MR) is 89.9 cm³/mol. The van der Waals surface area contributed by atoms with Gasteiger partial charge in [-0.2, -0.15) is 0 Å². The van der Waals surface area contributed by atoms with Gasteiger partial charge in [-0.15, -0.1) is 0 Å². The van der Waals surface area contributed by atoms with Gasteiger partial charge in [0.25, 0.3) is 0 Å². The molecule has 2 aromatic rings. The molecule has 0 atom stereocenters. The molecule has 24 heavy (non-hydrogen) atoms. The van der Waals surface area contributed by atoms with Gasteiger partial charge >= 0.3 is 0 Å². The molecular weight excluding hydrogens is 331 g/mol. The number of nitrogens with zero attached hydrogens (tertiary/aromatic N) is 1. The van der Waals surface area contributed by atoms with Crippen LogP contribution in [0, 0.1) is 5.82 Å². The van der Waals surface area contributed by atoms with Crippen molar-refractivity contribution in [1.29, 1.82) is 0 Å². The van der Waals surface area contributed by atoms with Gasteiger partial charge in [-0.3, -0.25) is 0 Å². The molecule has 1 heterocycles. The molecule has 0 saturated carbocycles. The summed E-state index contributed by atoms with van der Waals surface area (Å²) in [7, 11) is -3.65. The molecule has 0 radical (unpaired) electrons. The maximum atomic E-state index is 12.9. The highest BCUT2D eigenvalue weighted by molar-refractivity contribution is 7.89. The van der Waals surface area contributed by atoms with Crippen LogP contribution in [0.15, 0.2) is 53.4 Å². The number of ether oxygens (including phenoxy) is 1. The summed E-state index contributed by atoms with van der Waals surface area (Å²) in [5.41, 5.74) is 1.96. The summed E-state index contributed by atoms with van der Waals surface area (Å²) in [5, 5.41) is 0. The van der Waals surface area contributed by atoms with Crippen molar-refractivity contribution < 1.29 is 17.5 Å². The largest absolute Gasteiger partial charge is 0.378 e. The molecule has 0 aromatic heterocycles. The van der Waals surface area contributed by atoms with Gasteiger partial charge in [0, 0.05) is 25.3 Å². The molecule has 1 fully saturated rings. The van der Waals surface area contributed by atoms with E-state index in [2.05, 4.69) is 9.62 Å². The average molecular weight is 350 g/mol. The smallest absolute Gasteiger partial charge is 0.240 e. The van der Waals surface area contributed by atoms with Crippen molar-refractivity contribution in [2.24, 2.45) is 0 Å². The highest BCUT2D eigenvalue weighted by Gasteiger charge is 2.14. The van der Waals surface area contributed by atoms with Crippen LogP contribution >= 0.6 is 0 Å². The molecule has 7 heteroatoms. The maximum Gasteiger partial charge on any atom is 0.240 e. The quantitative estimate of drug-likeness (QED) is 0.898. The van der Waals surface area contributed by atoms with Crippen molar-refractivity contribution in [2.45, 2.75) is 11.4 Å². The zero-order valence-corrected chi connectivity index (χ0v) is 13.9. The summed E-state index contributed by atoms with van der Waals surface area (Å²) in [5.74, 6) is -0.465. The lowest BCUT2D eigenvalue weighted by molar-refractivity contribution is 0.122. The fourth-order valence-corrected chi connectivity index (χ4v) is 3.54. The fourth-order valence-electron chi connectivity index (χ4n) is 2.52. The van der Waals surface area contributed by atoms with Gasteiger partial charge in [0.2, 0.25) is 10.0 Å². The van der Waals surface area contributed by atoms with E-state index in [1.54, 1.807) is 0 Å². The third kappa shape index (κ3) is 4.11. The number of hydrogen-bond donors (Lipinski definition) is 1. The van der Waals surface area contributed by atoms with Crippen LogP contribution in [-0.2, 0) is 21.3 Å². The lowest BCUT2D eigenvalue weighted by atomic mass is 10.2. The zero-order valence-electron chi connectivity index (χ0n) is 13.1. The zero-order chi connectivity index (χ0) is 17.0. The topological polar surface area (TPSA) is 58.6 Å². The van der Waals surface area contributed by atoms with Gasteiger partial charge in [0.05, 0.1) is 18.1 Å². The molecule has 0 bridgehead atoms. The molecule has 1 aliphatic rings. The second-order valence-corrected chi connectivity index (χ2v) is 7.31. The van der Waals surface area contributed by atoms with E-state index in [1.165, 1.54) is 12.1 Å². The normalized spacial score (nSPS) is 15.5. The second-order valence-electron chi connectivity index (χ2n) is 5.54. The number of anilines is 1. The molecule has 0 aliphatic carbocycles. The van der Waals surface area contributed by atoms with Gasteiger partial charge < -0.3 is 9.64 Å². The van der Waals surface area contributed by atoms with Gasteiger partial charge in [-0.25, -0.2) is 17.5 Å². The van der Waals surface area contributed by atoms with Crippen molar-refractivity contribution in [3.8, 4) is 0 Å². The van der Waals surface area contributed by atoms with Gasteiger partial charge in [-0.1, -0.05) is 12.1 Å². The van der Waals surface area contributed by atoms with E-state index >= 15 is 0 Å². The lowest BCUT2D eigenvalue weighted by Gasteiger charge is -2.28. The van der Waals surface area contributed by atoms with Crippen molar-refractivity contribution in [2.75, 3.05) is 31.2 Å². The maximum absolute atomic E-state index is 12.9. The summed E-state index contributed by atoms with van der Waals surface area (Å²) in [4.78, 5) is 2.28. The SMILES string of the molecule is O=S(=O)(NCc1ccc(N2CCOCC2)cc1)c1ccc(F)cc1. The molecule has 1 N–H and O–H groups in total. The Kier molecular flexibility index (Phi) is 5.13. The van der Waals surface area contributed by atoms with Gasteiger partial charge in [0.15, 0.2) is 0 Å². The first kappa shape index (κ1) is 16.9. The summed E-state index contributed by atoms with van der Waals surface area (Å²) in [6, 6.07) is 12.5. The van der Waals surface area contributed by atoms with Crippen molar-refractivity contribution in [3.63, 3.8) is 0 Å². The van der Waals surface area contributed by atoms with Crippen molar-refractivity contribution >= 4 is 15.7 Å². The average Bonchev–Trinajstić information content (AvgIpc) is 2.62. The Balaban J connectivity index is 1.62. The summed E-state index contributed by atoms with van der Waals surface area (Å²) in [6.45, 7) is 3.34. The van der Waals surface area contributed by atoms with Crippen LogP contribution in [0.5, 0.6) is 0 Å². The number of hydrogen-bond acceptors (Lipinski definition) is 4. The Morgan fingerprint density at radius 2 is 1.62 bits per heavy atom. The van der Waals surface area contributed by atoms with E-state index in [4.69, 9.17) is 4.74 Å². The van der Waals surface area contributed by atoms with E-state index in [0.29, 0.717) is 0 Å². The monoisotopic (exact) mass is 350 g/mol. The van der Waals surface area contributed by atoms with Crippen LogP contribution in [-0.4, -0.2) is 34.7 Å². The number of benzene rings is 2. The predicted octanol–water partition coefficient (Wildman–Crippen LogP) is 2.14. The number of sulfonamides is 1. The summed E-state index contributed by atoms with van der Waals surface area (Å²) < 4.78 is 45.1. The van der Waals surface area contributed by atoms with Gasteiger partial charge in [0.1, 0.15) is 5.82 Å². The third-order valence-electron chi connectivity index (χ3n) is 3.90. The first-order valence-corrected chi connectivity index (χ1v) is 9.20. The van der Waals surface area contributed by atoms with Crippen LogP contribution in [0.1, 0.15) is 5.56 Å². The minimum atomic E-state index is -3.65. The minimum Gasteiger partial charge on any atom is -0.378 e. The van der Waals surface area contributed by atoms with E-state index in [0.717, 1.165) is 49.7 Å². The number of halogens is 1. The number of rotatable bonds is 5. The Morgan fingerprint density at radius 1 is 1.00 bits per heavy atom. The highest BCUT2D eigenvalue weighted by Crippen LogP contribution is 2.17. The van der Waals surface area contributed by atoms with Crippen molar-refractivity contribution in [3.05, 3.63) is 59.9 Å². The third-order valence-corrected chi connectivity index (χ3v) is 5.32. The Labute approximate surface area is 141 Å². The number of morpholine rings is 1. The molecule has 128 valence electrons. The van der Waals surface area contributed by atoms with Crippen molar-refractivity contribution in [1.82, 2.24) is 4.72 Å². The molecule has 0 amide bonds. The van der Waals surface area contributed by atoms with E-state index in [1.807, 2.05) is 24.3 Å². The molecule has 0 unspecified atom stereocenters. The van der Waals surface area contributed by atoms with E-state index in [9.17, 15) is 12.8 Å². The van der Waals surface area contributed by atoms with Gasteiger partial charge in [-0.05, 0) is 42.0 Å². The Hall–Kier alpha value is -1.96. The first-order valence-electron chi connectivity index (χ1n) is 7.71. The first-order chi connectivity index (χ1) is 11.5. The van der Waals surface area contributed by atoms with Crippen LogP contribution in [0.25, 0.3) is 0 Å². The van der Waals surface area contributed by atoms with Crippen LogP contribution in [0.4, 0.5) is 10.1 Å². The second kappa shape index (κ2) is 7.29. The molecule has 1 saturated heterocycles. The van der Waals surface area contributed by atoms with E-state index in [-0.39, 0.29) is 11.4 Å². The molecule has 3 rings (SSSR count). The lowest BCUT2D eigenvalue weighted by Crippen LogP contribution is -2.36. The molecular formula is C17H19FN2O3S. The van der Waals surface area contributed by atoms with E-state index < -0.39 is 15.8 Å². The summed E-state index contributed by atoms with van der Waals surface area (Å²) in [6.07, 6.45) is 0. The number of nitrogens with one attached hydrogen (secondary N) is 1. The van der Waals surface area contributed by atoms with Crippen LogP contribution < -0.4 is 9.62 Å². The standard InChI is InChI=1S/C17H19FN2O3S/c18-15-3-7-17(8-4-15)24(21,22)19-13-14-1-5-16(6-2-14)20-9-11-23-12-10-20/h1-8,19H,9-13H2. The highest BCUT2D eigenvalue weighted by atomic mass is 32.2. The Morgan fingerprint density at radius 3 is 2.25 bits per heavy atom.